The number of hydrogen-bond donors (Lipinski definition) is 1. The zero-order chi connectivity index (χ0) is 16.9. The number of carbonyl (C=O) groups is 2. The predicted molar refractivity (Wildman–Crippen MR) is 90.9 cm³/mol. The molecule has 122 valence electrons. The number of hydrogen-bond acceptors (Lipinski definition) is 2. The molecule has 0 saturated heterocycles. The molecule has 0 unspecified atom stereocenters. The number of anilines is 1. The summed E-state index contributed by atoms with van der Waals surface area (Å²) in [6.45, 7) is 12.0. The van der Waals surface area contributed by atoms with E-state index < -0.39 is 0 Å². The third-order valence-corrected chi connectivity index (χ3v) is 3.76. The second-order valence-corrected chi connectivity index (χ2v) is 6.60. The minimum atomic E-state index is -0.274. The number of benzene rings is 1. The van der Waals surface area contributed by atoms with E-state index in [-0.39, 0.29) is 17.4 Å². The highest BCUT2D eigenvalue weighted by Crippen LogP contribution is 2.21. The van der Waals surface area contributed by atoms with Crippen molar-refractivity contribution in [3.8, 4) is 0 Å². The maximum atomic E-state index is 12.2. The van der Waals surface area contributed by atoms with Crippen LogP contribution in [-0.2, 0) is 16.0 Å². The third kappa shape index (κ3) is 4.86. The van der Waals surface area contributed by atoms with Crippen LogP contribution < -0.4 is 5.32 Å². The molecule has 1 N–H and O–H groups in total. The first kappa shape index (κ1) is 18.2. The predicted octanol–water partition coefficient (Wildman–Crippen LogP) is 3.53. The van der Waals surface area contributed by atoms with Crippen LogP contribution in [0.3, 0.4) is 0 Å². The Bertz CT molecular complexity index is 545. The maximum Gasteiger partial charge on any atom is 0.226 e. The molecule has 0 bridgehead atoms. The molecule has 0 aliphatic heterocycles. The summed E-state index contributed by atoms with van der Waals surface area (Å²) in [7, 11) is 0. The molecule has 4 nitrogen and oxygen atoms in total. The van der Waals surface area contributed by atoms with Gasteiger partial charge in [0.15, 0.2) is 0 Å². The fourth-order valence-corrected chi connectivity index (χ4v) is 2.58. The summed E-state index contributed by atoms with van der Waals surface area (Å²) < 4.78 is 0. The van der Waals surface area contributed by atoms with Crippen LogP contribution in [0, 0.1) is 6.92 Å². The van der Waals surface area contributed by atoms with Gasteiger partial charge in [-0.3, -0.25) is 9.59 Å². The molecule has 2 amide bonds. The van der Waals surface area contributed by atoms with Crippen molar-refractivity contribution < 1.29 is 9.59 Å². The number of carbonyl (C=O) groups excluding carboxylic acids is 2. The van der Waals surface area contributed by atoms with Crippen LogP contribution in [0.4, 0.5) is 5.69 Å². The van der Waals surface area contributed by atoms with Crippen molar-refractivity contribution in [2.45, 2.75) is 59.9 Å². The summed E-state index contributed by atoms with van der Waals surface area (Å²) in [5.41, 5.74) is 2.82. The van der Waals surface area contributed by atoms with Crippen molar-refractivity contribution in [3.05, 3.63) is 29.3 Å². The van der Waals surface area contributed by atoms with Gasteiger partial charge >= 0.3 is 0 Å². The Labute approximate surface area is 133 Å². The van der Waals surface area contributed by atoms with Gasteiger partial charge in [0.1, 0.15) is 0 Å². The smallest absolute Gasteiger partial charge is 0.226 e. The van der Waals surface area contributed by atoms with Crippen molar-refractivity contribution in [1.82, 2.24) is 4.90 Å². The summed E-state index contributed by atoms with van der Waals surface area (Å²) in [6, 6.07) is 6.02. The maximum absolute atomic E-state index is 12.2. The van der Waals surface area contributed by atoms with Gasteiger partial charge in [0.25, 0.3) is 0 Å². The largest absolute Gasteiger partial charge is 0.338 e. The molecule has 1 rings (SSSR count). The van der Waals surface area contributed by atoms with Crippen molar-refractivity contribution >= 4 is 17.5 Å². The van der Waals surface area contributed by atoms with E-state index in [0.29, 0.717) is 13.0 Å². The molecule has 0 aromatic heterocycles. The lowest BCUT2D eigenvalue weighted by molar-refractivity contribution is -0.134. The van der Waals surface area contributed by atoms with Crippen LogP contribution in [0.15, 0.2) is 18.2 Å². The van der Waals surface area contributed by atoms with Crippen molar-refractivity contribution in [2.75, 3.05) is 11.9 Å². The zero-order valence-corrected chi connectivity index (χ0v) is 14.6. The summed E-state index contributed by atoms with van der Waals surface area (Å²) in [6.07, 6.45) is 1.17. The number of aryl methyl sites for hydroxylation is 2. The molecular formula is C18H28N2O2. The van der Waals surface area contributed by atoms with Gasteiger partial charge in [-0.15, -0.1) is 0 Å². The van der Waals surface area contributed by atoms with Gasteiger partial charge in [-0.05, 0) is 45.2 Å². The van der Waals surface area contributed by atoms with E-state index in [0.717, 1.165) is 23.2 Å². The molecule has 1 aromatic rings. The van der Waals surface area contributed by atoms with Gasteiger partial charge in [0, 0.05) is 31.1 Å². The van der Waals surface area contributed by atoms with Crippen LogP contribution in [0.25, 0.3) is 0 Å². The topological polar surface area (TPSA) is 49.4 Å². The average Bonchev–Trinajstić information content (AvgIpc) is 2.39. The Morgan fingerprint density at radius 1 is 1.23 bits per heavy atom. The molecule has 0 saturated carbocycles. The summed E-state index contributed by atoms with van der Waals surface area (Å²) in [4.78, 5) is 25.7. The fraction of sp³-hybridized carbons (Fsp3) is 0.556. The zero-order valence-electron chi connectivity index (χ0n) is 14.6. The van der Waals surface area contributed by atoms with Crippen molar-refractivity contribution in [3.63, 3.8) is 0 Å². The number of nitrogens with one attached hydrogen (secondary N) is 1. The van der Waals surface area contributed by atoms with Crippen LogP contribution in [-0.4, -0.2) is 28.8 Å². The first-order chi connectivity index (χ1) is 10.2. The Morgan fingerprint density at radius 2 is 1.86 bits per heavy atom. The Kier molecular flexibility index (Phi) is 6.15. The van der Waals surface area contributed by atoms with Gasteiger partial charge < -0.3 is 10.2 Å². The quantitative estimate of drug-likeness (QED) is 0.904. The highest BCUT2D eigenvalue weighted by molar-refractivity contribution is 5.92. The van der Waals surface area contributed by atoms with Crippen molar-refractivity contribution in [2.24, 2.45) is 0 Å². The first-order valence-corrected chi connectivity index (χ1v) is 7.83. The molecule has 0 spiro atoms. The molecule has 0 fully saturated rings. The summed E-state index contributed by atoms with van der Waals surface area (Å²) in [5.74, 6) is -0.0649. The lowest BCUT2D eigenvalue weighted by Crippen LogP contribution is -2.45. The second-order valence-electron chi connectivity index (χ2n) is 6.60. The van der Waals surface area contributed by atoms with E-state index in [1.165, 1.54) is 0 Å². The second kappa shape index (κ2) is 7.43. The minimum absolute atomic E-state index is 0.00885. The number of amides is 2. The monoisotopic (exact) mass is 304 g/mol. The van der Waals surface area contributed by atoms with Crippen LogP contribution in [0.1, 0.15) is 52.2 Å². The molecule has 22 heavy (non-hydrogen) atoms. The Balaban J connectivity index is 2.74. The highest BCUT2D eigenvalue weighted by Gasteiger charge is 2.24. The molecule has 0 aliphatic carbocycles. The van der Waals surface area contributed by atoms with E-state index in [2.05, 4.69) is 12.2 Å². The molecule has 0 radical (unpaired) electrons. The standard InChI is InChI=1S/C18H28N2O2/c1-7-15-10-8-9-13(2)17(15)19-16(22)11-12-20(14(3)21)18(4,5)6/h8-10H,7,11-12H2,1-6H3,(H,19,22). The Hall–Kier alpha value is -1.84. The van der Waals surface area contributed by atoms with E-state index in [9.17, 15) is 9.59 Å². The van der Waals surface area contributed by atoms with Gasteiger partial charge in [-0.1, -0.05) is 25.1 Å². The van der Waals surface area contributed by atoms with Gasteiger partial charge in [-0.2, -0.15) is 0 Å². The summed E-state index contributed by atoms with van der Waals surface area (Å²) in [5, 5.41) is 3.00. The normalized spacial score (nSPS) is 11.2. The van der Waals surface area contributed by atoms with E-state index in [1.54, 1.807) is 11.8 Å². The molecule has 0 aliphatic rings. The number of nitrogens with zero attached hydrogens (tertiary/aromatic N) is 1. The van der Waals surface area contributed by atoms with Crippen LogP contribution in [0.5, 0.6) is 0 Å². The van der Waals surface area contributed by atoms with Crippen LogP contribution in [0.2, 0.25) is 0 Å². The number of para-hydroxylation sites is 1. The van der Waals surface area contributed by atoms with E-state index in [4.69, 9.17) is 0 Å². The van der Waals surface area contributed by atoms with Crippen LogP contribution >= 0.6 is 0 Å². The lowest BCUT2D eigenvalue weighted by atomic mass is 10.0. The molecule has 0 heterocycles. The molecule has 1 aromatic carbocycles. The van der Waals surface area contributed by atoms with Gasteiger partial charge in [0.2, 0.25) is 11.8 Å². The fourth-order valence-electron chi connectivity index (χ4n) is 2.58. The van der Waals surface area contributed by atoms with Crippen molar-refractivity contribution in [1.29, 1.82) is 0 Å². The molecule has 4 heteroatoms. The van der Waals surface area contributed by atoms with Gasteiger partial charge in [0.05, 0.1) is 0 Å². The summed E-state index contributed by atoms with van der Waals surface area (Å²) >= 11 is 0. The third-order valence-electron chi connectivity index (χ3n) is 3.76. The number of rotatable bonds is 5. The van der Waals surface area contributed by atoms with Gasteiger partial charge in [-0.25, -0.2) is 0 Å². The van der Waals surface area contributed by atoms with E-state index >= 15 is 0 Å². The first-order valence-electron chi connectivity index (χ1n) is 7.83. The minimum Gasteiger partial charge on any atom is -0.338 e. The highest BCUT2D eigenvalue weighted by atomic mass is 16.2. The molecule has 0 atom stereocenters. The average molecular weight is 304 g/mol. The lowest BCUT2D eigenvalue weighted by Gasteiger charge is -2.34. The molecular weight excluding hydrogens is 276 g/mol. The SMILES string of the molecule is CCc1cccc(C)c1NC(=O)CCN(C(C)=O)C(C)(C)C. The van der Waals surface area contributed by atoms with E-state index in [1.807, 2.05) is 45.9 Å². The Morgan fingerprint density at radius 3 is 2.36 bits per heavy atom.